The van der Waals surface area contributed by atoms with Gasteiger partial charge in [-0.05, 0) is 18.1 Å². The molecule has 0 bridgehead atoms. The van der Waals surface area contributed by atoms with E-state index >= 15 is 0 Å². The van der Waals surface area contributed by atoms with Crippen LogP contribution in [0.2, 0.25) is 5.02 Å². The van der Waals surface area contributed by atoms with E-state index in [1.807, 2.05) is 6.07 Å². The molecule has 0 atom stereocenters. The molecule has 4 rings (SSSR count). The van der Waals surface area contributed by atoms with Crippen LogP contribution < -0.4 is 15.5 Å². The molecule has 2 N–H and O–H groups in total. The molecule has 2 aromatic rings. The Morgan fingerprint density at radius 2 is 2.20 bits per heavy atom. The minimum Gasteiger partial charge on any atom is -0.323 e. The van der Waals surface area contributed by atoms with Crippen molar-refractivity contribution in [2.24, 2.45) is 0 Å². The first-order valence-corrected chi connectivity index (χ1v) is 8.53. The first-order chi connectivity index (χ1) is 12.2. The van der Waals surface area contributed by atoms with Crippen LogP contribution in [0.1, 0.15) is 18.5 Å². The average Bonchev–Trinajstić information content (AvgIpc) is 3.28. The van der Waals surface area contributed by atoms with Crippen molar-refractivity contribution < 1.29 is 4.79 Å². The van der Waals surface area contributed by atoms with Crippen molar-refractivity contribution in [2.45, 2.75) is 12.8 Å². The van der Waals surface area contributed by atoms with Crippen molar-refractivity contribution in [3.05, 3.63) is 41.4 Å². The van der Waals surface area contributed by atoms with Crippen molar-refractivity contribution in [2.75, 3.05) is 29.9 Å². The third-order valence-electron chi connectivity index (χ3n) is 4.22. The number of halogens is 1. The zero-order valence-corrected chi connectivity index (χ0v) is 14.3. The van der Waals surface area contributed by atoms with E-state index in [1.165, 1.54) is 0 Å². The van der Waals surface area contributed by atoms with Gasteiger partial charge in [-0.2, -0.15) is 0 Å². The molecule has 8 heteroatoms. The van der Waals surface area contributed by atoms with Crippen LogP contribution in [0, 0.1) is 0 Å². The molecule has 7 nitrogen and oxygen atoms in total. The Bertz CT molecular complexity index is 853. The van der Waals surface area contributed by atoms with E-state index in [-0.39, 0.29) is 5.91 Å². The van der Waals surface area contributed by atoms with E-state index in [4.69, 9.17) is 11.6 Å². The standard InChI is InChI=1S/C17H17ClN6O/c18-14-10-21-17(23-16(14)11-3-4-19-7-11)22-12-6-13(9-20-8-12)24-5-1-2-15(24)25/h3,6,8-10,19H,1-2,4-5,7H2,(H,21,22,23). The molecule has 2 aliphatic rings. The molecular formula is C17H17ClN6O. The van der Waals surface area contributed by atoms with Crippen LogP contribution in [0.15, 0.2) is 30.7 Å². The van der Waals surface area contributed by atoms with Gasteiger partial charge in [0.15, 0.2) is 0 Å². The Morgan fingerprint density at radius 3 is 2.96 bits per heavy atom. The molecule has 0 saturated carbocycles. The summed E-state index contributed by atoms with van der Waals surface area (Å²) in [6.07, 6.45) is 8.50. The van der Waals surface area contributed by atoms with Gasteiger partial charge in [0.2, 0.25) is 11.9 Å². The molecule has 4 heterocycles. The molecule has 1 fully saturated rings. The van der Waals surface area contributed by atoms with Crippen molar-refractivity contribution in [3.63, 3.8) is 0 Å². The zero-order valence-electron chi connectivity index (χ0n) is 13.5. The summed E-state index contributed by atoms with van der Waals surface area (Å²) in [5.74, 6) is 0.573. The monoisotopic (exact) mass is 356 g/mol. The van der Waals surface area contributed by atoms with E-state index in [0.717, 1.165) is 48.7 Å². The molecule has 0 spiro atoms. The maximum absolute atomic E-state index is 11.9. The van der Waals surface area contributed by atoms with E-state index in [0.29, 0.717) is 17.4 Å². The number of carbonyl (C=O) groups excluding carboxylic acids is 1. The number of nitrogens with zero attached hydrogens (tertiary/aromatic N) is 4. The summed E-state index contributed by atoms with van der Waals surface area (Å²) in [4.78, 5) is 26.6. The second-order valence-electron chi connectivity index (χ2n) is 5.96. The number of pyridine rings is 1. The number of hydrogen-bond donors (Lipinski definition) is 2. The lowest BCUT2D eigenvalue weighted by Gasteiger charge is -2.16. The van der Waals surface area contributed by atoms with Gasteiger partial charge in [-0.1, -0.05) is 17.7 Å². The smallest absolute Gasteiger partial charge is 0.227 e. The Balaban J connectivity index is 1.58. The number of hydrogen-bond acceptors (Lipinski definition) is 6. The zero-order chi connectivity index (χ0) is 17.2. The Kier molecular flexibility index (Phi) is 4.33. The second kappa shape index (κ2) is 6.78. The summed E-state index contributed by atoms with van der Waals surface area (Å²) in [6, 6.07) is 1.88. The highest BCUT2D eigenvalue weighted by Crippen LogP contribution is 2.26. The van der Waals surface area contributed by atoms with Gasteiger partial charge >= 0.3 is 0 Å². The predicted molar refractivity (Wildman–Crippen MR) is 97.0 cm³/mol. The first kappa shape index (κ1) is 16.0. The number of anilines is 3. The molecule has 128 valence electrons. The predicted octanol–water partition coefficient (Wildman–Crippen LogP) is 2.38. The Morgan fingerprint density at radius 1 is 1.28 bits per heavy atom. The number of amides is 1. The van der Waals surface area contributed by atoms with Gasteiger partial charge in [0.1, 0.15) is 0 Å². The molecule has 0 aliphatic carbocycles. The summed E-state index contributed by atoms with van der Waals surface area (Å²) in [5, 5.41) is 6.90. The number of carbonyl (C=O) groups is 1. The Labute approximate surface area is 150 Å². The van der Waals surface area contributed by atoms with E-state index in [2.05, 4.69) is 31.7 Å². The van der Waals surface area contributed by atoms with Crippen molar-refractivity contribution >= 4 is 40.4 Å². The maximum Gasteiger partial charge on any atom is 0.227 e. The van der Waals surface area contributed by atoms with Crippen molar-refractivity contribution in [1.82, 2.24) is 20.3 Å². The lowest BCUT2D eigenvalue weighted by Crippen LogP contribution is -2.23. The fourth-order valence-electron chi connectivity index (χ4n) is 3.00. The lowest BCUT2D eigenvalue weighted by molar-refractivity contribution is -0.117. The molecule has 25 heavy (non-hydrogen) atoms. The van der Waals surface area contributed by atoms with Gasteiger partial charge in [0.25, 0.3) is 0 Å². The van der Waals surface area contributed by atoms with E-state index in [1.54, 1.807) is 23.5 Å². The minimum absolute atomic E-state index is 0.129. The SMILES string of the molecule is O=C1CCCN1c1cncc(Nc2ncc(Cl)c(C3=CCNC3)n2)c1. The van der Waals surface area contributed by atoms with Crippen LogP contribution in [0.3, 0.4) is 0 Å². The topological polar surface area (TPSA) is 83.0 Å². The van der Waals surface area contributed by atoms with Gasteiger partial charge in [0, 0.05) is 26.1 Å². The van der Waals surface area contributed by atoms with Crippen LogP contribution in [0.5, 0.6) is 0 Å². The second-order valence-corrected chi connectivity index (χ2v) is 6.36. The first-order valence-electron chi connectivity index (χ1n) is 8.16. The van der Waals surface area contributed by atoms with Crippen molar-refractivity contribution in [3.8, 4) is 0 Å². The molecule has 1 amide bonds. The molecule has 1 saturated heterocycles. The number of aromatic nitrogens is 3. The van der Waals surface area contributed by atoms with Gasteiger partial charge in [-0.25, -0.2) is 9.97 Å². The van der Waals surface area contributed by atoms with Crippen LogP contribution in [0.4, 0.5) is 17.3 Å². The van der Waals surface area contributed by atoms with E-state index in [9.17, 15) is 4.79 Å². The Hall–Kier alpha value is -2.51. The highest BCUT2D eigenvalue weighted by atomic mass is 35.5. The quantitative estimate of drug-likeness (QED) is 0.875. The maximum atomic E-state index is 11.9. The summed E-state index contributed by atoms with van der Waals surface area (Å²) in [6.45, 7) is 2.28. The van der Waals surface area contributed by atoms with Crippen LogP contribution in [-0.4, -0.2) is 40.5 Å². The summed E-state index contributed by atoms with van der Waals surface area (Å²) in [5.41, 5.74) is 3.29. The molecule has 2 aromatic heterocycles. The molecule has 0 radical (unpaired) electrons. The summed E-state index contributed by atoms with van der Waals surface area (Å²) in [7, 11) is 0. The number of nitrogens with one attached hydrogen (secondary N) is 2. The highest BCUT2D eigenvalue weighted by molar-refractivity contribution is 6.32. The fourth-order valence-corrected chi connectivity index (χ4v) is 3.21. The van der Waals surface area contributed by atoms with Gasteiger partial charge in [0.05, 0.1) is 40.7 Å². The average molecular weight is 357 g/mol. The minimum atomic E-state index is 0.129. The van der Waals surface area contributed by atoms with Crippen LogP contribution >= 0.6 is 11.6 Å². The summed E-state index contributed by atoms with van der Waals surface area (Å²) < 4.78 is 0. The van der Waals surface area contributed by atoms with Gasteiger partial charge in [-0.15, -0.1) is 0 Å². The van der Waals surface area contributed by atoms with E-state index < -0.39 is 0 Å². The van der Waals surface area contributed by atoms with Crippen LogP contribution in [-0.2, 0) is 4.79 Å². The van der Waals surface area contributed by atoms with Gasteiger partial charge < -0.3 is 15.5 Å². The summed E-state index contributed by atoms with van der Waals surface area (Å²) >= 11 is 6.23. The lowest BCUT2D eigenvalue weighted by atomic mass is 10.2. The number of rotatable bonds is 4. The normalized spacial score (nSPS) is 17.1. The molecular weight excluding hydrogens is 340 g/mol. The van der Waals surface area contributed by atoms with Gasteiger partial charge in [-0.3, -0.25) is 9.78 Å². The molecule has 0 unspecified atom stereocenters. The van der Waals surface area contributed by atoms with Crippen molar-refractivity contribution in [1.29, 1.82) is 0 Å². The fraction of sp³-hybridized carbons (Fsp3) is 0.294. The molecule has 0 aromatic carbocycles. The molecule has 2 aliphatic heterocycles. The third-order valence-corrected chi connectivity index (χ3v) is 4.50. The third kappa shape index (κ3) is 3.33. The van der Waals surface area contributed by atoms with Crippen LogP contribution in [0.25, 0.3) is 5.57 Å². The highest BCUT2D eigenvalue weighted by Gasteiger charge is 2.22. The largest absolute Gasteiger partial charge is 0.323 e.